The molecule has 36 heavy (non-hydrogen) atoms. The summed E-state index contributed by atoms with van der Waals surface area (Å²) in [6.07, 6.45) is 2.27. The Balaban J connectivity index is 1.31. The minimum Gasteiger partial charge on any atom is -0.489 e. The number of nitro benzene ring substituents is 1. The number of anilines is 1. The summed E-state index contributed by atoms with van der Waals surface area (Å²) in [5.74, 6) is -0.115. The van der Waals surface area contributed by atoms with Crippen LogP contribution < -0.4 is 19.1 Å². The van der Waals surface area contributed by atoms with E-state index in [4.69, 9.17) is 18.9 Å². The molecule has 0 saturated heterocycles. The molecule has 0 saturated carbocycles. The van der Waals surface area contributed by atoms with Gasteiger partial charge in [0.25, 0.3) is 11.6 Å². The van der Waals surface area contributed by atoms with E-state index in [1.165, 1.54) is 18.2 Å². The SMILES string of the molecule is O=C(/C=C/c1cc2c(cc1[N+](=O)[O-])OCO2)OCC(=O)N1c2ccccc2OC[C@H]1c1ccccc1. The van der Waals surface area contributed by atoms with Crippen molar-refractivity contribution in [2.75, 3.05) is 24.9 Å². The molecule has 5 rings (SSSR count). The summed E-state index contributed by atoms with van der Waals surface area (Å²) in [5, 5.41) is 11.4. The first-order valence-electron chi connectivity index (χ1n) is 11.0. The van der Waals surface area contributed by atoms with Gasteiger partial charge >= 0.3 is 5.97 Å². The number of amides is 1. The average Bonchev–Trinajstić information content (AvgIpc) is 3.37. The number of hydrogen-bond donors (Lipinski definition) is 0. The van der Waals surface area contributed by atoms with Gasteiger partial charge in [0.1, 0.15) is 12.4 Å². The zero-order valence-corrected chi connectivity index (χ0v) is 18.9. The third kappa shape index (κ3) is 4.56. The van der Waals surface area contributed by atoms with Crippen molar-refractivity contribution in [1.29, 1.82) is 0 Å². The van der Waals surface area contributed by atoms with E-state index in [-0.39, 0.29) is 30.4 Å². The quantitative estimate of drug-likeness (QED) is 0.221. The fourth-order valence-electron chi connectivity index (χ4n) is 4.06. The number of para-hydroxylation sites is 2. The normalized spacial score (nSPS) is 15.8. The van der Waals surface area contributed by atoms with Gasteiger partial charge in [-0.25, -0.2) is 4.79 Å². The highest BCUT2D eigenvalue weighted by Gasteiger charge is 2.33. The topological polar surface area (TPSA) is 117 Å². The largest absolute Gasteiger partial charge is 0.489 e. The van der Waals surface area contributed by atoms with E-state index in [1.807, 2.05) is 36.4 Å². The summed E-state index contributed by atoms with van der Waals surface area (Å²) in [4.78, 5) is 38.0. The van der Waals surface area contributed by atoms with Gasteiger partial charge in [0.05, 0.1) is 28.3 Å². The first-order chi connectivity index (χ1) is 17.5. The summed E-state index contributed by atoms with van der Waals surface area (Å²) in [6.45, 7) is -0.322. The van der Waals surface area contributed by atoms with Crippen LogP contribution in [0.25, 0.3) is 6.08 Å². The molecule has 2 aliphatic heterocycles. The minimum absolute atomic E-state index is 0.0432. The van der Waals surface area contributed by atoms with Crippen LogP contribution in [-0.2, 0) is 14.3 Å². The van der Waals surface area contributed by atoms with Crippen molar-refractivity contribution in [3.05, 3.63) is 94.0 Å². The molecule has 0 spiro atoms. The lowest BCUT2D eigenvalue weighted by Crippen LogP contribution is -2.43. The van der Waals surface area contributed by atoms with Gasteiger partial charge < -0.3 is 18.9 Å². The Hall–Kier alpha value is -4.86. The predicted octanol–water partition coefficient (Wildman–Crippen LogP) is 4.05. The van der Waals surface area contributed by atoms with Crippen molar-refractivity contribution in [2.45, 2.75) is 6.04 Å². The smallest absolute Gasteiger partial charge is 0.331 e. The molecule has 0 aliphatic carbocycles. The van der Waals surface area contributed by atoms with E-state index in [9.17, 15) is 19.7 Å². The number of nitrogens with zero attached hydrogens (tertiary/aromatic N) is 2. The monoisotopic (exact) mass is 488 g/mol. The number of rotatable bonds is 6. The molecule has 1 amide bonds. The highest BCUT2D eigenvalue weighted by molar-refractivity contribution is 5.98. The van der Waals surface area contributed by atoms with Gasteiger partial charge in [-0.15, -0.1) is 0 Å². The van der Waals surface area contributed by atoms with Gasteiger partial charge in [0.2, 0.25) is 6.79 Å². The number of fused-ring (bicyclic) bond motifs is 2. The van der Waals surface area contributed by atoms with E-state index in [0.29, 0.717) is 17.2 Å². The lowest BCUT2D eigenvalue weighted by molar-refractivity contribution is -0.385. The standard InChI is InChI=1S/C26H20N2O8/c29-25(27-19-8-4-5-9-22(19)33-14-21(27)17-6-2-1-3-7-17)15-34-26(30)11-10-18-12-23-24(36-16-35-23)13-20(18)28(31)32/h1-13,21H,14-16H2/b11-10+/t21-/m0/s1. The lowest BCUT2D eigenvalue weighted by Gasteiger charge is -2.37. The van der Waals surface area contributed by atoms with Crippen LogP contribution in [0.4, 0.5) is 11.4 Å². The molecule has 0 radical (unpaired) electrons. The van der Waals surface area contributed by atoms with Gasteiger partial charge in [-0.1, -0.05) is 42.5 Å². The zero-order chi connectivity index (χ0) is 25.1. The summed E-state index contributed by atoms with van der Waals surface area (Å²) < 4.78 is 21.5. The summed E-state index contributed by atoms with van der Waals surface area (Å²) >= 11 is 0. The van der Waals surface area contributed by atoms with E-state index >= 15 is 0 Å². The number of esters is 1. The Bertz CT molecular complexity index is 1360. The van der Waals surface area contributed by atoms with Crippen LogP contribution in [0.1, 0.15) is 17.2 Å². The number of carbonyl (C=O) groups excluding carboxylic acids is 2. The van der Waals surface area contributed by atoms with Crippen LogP contribution in [0.3, 0.4) is 0 Å². The molecule has 3 aromatic carbocycles. The molecule has 3 aromatic rings. The fraction of sp³-hybridized carbons (Fsp3) is 0.154. The van der Waals surface area contributed by atoms with Gasteiger partial charge in [0.15, 0.2) is 18.1 Å². The summed E-state index contributed by atoms with van der Waals surface area (Å²) in [5.41, 5.74) is 1.33. The third-order valence-corrected chi connectivity index (χ3v) is 5.74. The Morgan fingerprint density at radius 2 is 1.72 bits per heavy atom. The van der Waals surface area contributed by atoms with Crippen molar-refractivity contribution >= 4 is 29.3 Å². The van der Waals surface area contributed by atoms with Gasteiger partial charge in [-0.2, -0.15) is 0 Å². The second kappa shape index (κ2) is 9.79. The predicted molar refractivity (Wildman–Crippen MR) is 128 cm³/mol. The Morgan fingerprint density at radius 3 is 2.50 bits per heavy atom. The van der Waals surface area contributed by atoms with Crippen LogP contribution in [0.2, 0.25) is 0 Å². The maximum absolute atomic E-state index is 13.2. The number of nitro groups is 1. The molecule has 2 aliphatic rings. The van der Waals surface area contributed by atoms with Crippen LogP contribution in [-0.4, -0.2) is 36.8 Å². The van der Waals surface area contributed by atoms with Crippen molar-refractivity contribution in [2.24, 2.45) is 0 Å². The van der Waals surface area contributed by atoms with Crippen LogP contribution >= 0.6 is 0 Å². The molecule has 10 heteroatoms. The Morgan fingerprint density at radius 1 is 1.00 bits per heavy atom. The van der Waals surface area contributed by atoms with E-state index in [0.717, 1.165) is 11.6 Å². The molecule has 0 aromatic heterocycles. The number of carbonyl (C=O) groups is 2. The van der Waals surface area contributed by atoms with Gasteiger partial charge in [0, 0.05) is 6.08 Å². The van der Waals surface area contributed by atoms with E-state index in [2.05, 4.69) is 0 Å². The molecule has 0 N–H and O–H groups in total. The molecular weight excluding hydrogens is 468 g/mol. The highest BCUT2D eigenvalue weighted by Crippen LogP contribution is 2.40. The molecule has 0 fully saturated rings. The molecule has 10 nitrogen and oxygen atoms in total. The first-order valence-corrected chi connectivity index (χ1v) is 11.0. The van der Waals surface area contributed by atoms with Crippen LogP contribution in [0.5, 0.6) is 17.2 Å². The summed E-state index contributed by atoms with van der Waals surface area (Å²) in [6, 6.07) is 18.8. The van der Waals surface area contributed by atoms with Crippen molar-refractivity contribution in [3.8, 4) is 17.2 Å². The number of hydrogen-bond acceptors (Lipinski definition) is 8. The maximum atomic E-state index is 13.2. The third-order valence-electron chi connectivity index (χ3n) is 5.74. The van der Waals surface area contributed by atoms with Crippen molar-refractivity contribution in [3.63, 3.8) is 0 Å². The second-order valence-electron chi connectivity index (χ2n) is 7.93. The molecular formula is C26H20N2O8. The molecule has 182 valence electrons. The minimum atomic E-state index is -0.826. The fourth-order valence-corrected chi connectivity index (χ4v) is 4.06. The van der Waals surface area contributed by atoms with Crippen LogP contribution in [0, 0.1) is 10.1 Å². The highest BCUT2D eigenvalue weighted by atomic mass is 16.7. The molecule has 0 bridgehead atoms. The van der Waals surface area contributed by atoms with E-state index < -0.39 is 29.4 Å². The lowest BCUT2D eigenvalue weighted by atomic mass is 10.0. The van der Waals surface area contributed by atoms with Crippen molar-refractivity contribution < 1.29 is 33.5 Å². The molecule has 1 atom stereocenters. The maximum Gasteiger partial charge on any atom is 0.331 e. The average molecular weight is 488 g/mol. The number of benzene rings is 3. The molecule has 0 unspecified atom stereocenters. The Kier molecular flexibility index (Phi) is 6.23. The first kappa shape index (κ1) is 22.9. The Labute approximate surface area is 205 Å². The van der Waals surface area contributed by atoms with Gasteiger partial charge in [-0.3, -0.25) is 19.8 Å². The van der Waals surface area contributed by atoms with Gasteiger partial charge in [-0.05, 0) is 29.8 Å². The van der Waals surface area contributed by atoms with Crippen LogP contribution in [0.15, 0.2) is 72.8 Å². The van der Waals surface area contributed by atoms with Crippen molar-refractivity contribution in [1.82, 2.24) is 0 Å². The summed E-state index contributed by atoms with van der Waals surface area (Å²) in [7, 11) is 0. The molecule has 2 heterocycles. The second-order valence-corrected chi connectivity index (χ2v) is 7.93. The zero-order valence-electron chi connectivity index (χ0n) is 18.9. The van der Waals surface area contributed by atoms with E-state index in [1.54, 1.807) is 23.1 Å². The number of ether oxygens (including phenoxy) is 4.